The molecule has 1 amide bonds. The second-order valence-electron chi connectivity index (χ2n) is 4.67. The van der Waals surface area contributed by atoms with Crippen molar-refractivity contribution in [1.82, 2.24) is 5.32 Å². The molecule has 0 radical (unpaired) electrons. The van der Waals surface area contributed by atoms with Crippen molar-refractivity contribution < 1.29 is 24.2 Å². The Labute approximate surface area is 116 Å². The number of nitrogens with one attached hydrogen (secondary N) is 1. The molecule has 0 spiro atoms. The summed E-state index contributed by atoms with van der Waals surface area (Å²) in [5.74, 6) is -0.753. The summed E-state index contributed by atoms with van der Waals surface area (Å²) in [4.78, 5) is 22.9. The Morgan fingerprint density at radius 3 is 2.70 bits per heavy atom. The van der Waals surface area contributed by atoms with Crippen LogP contribution in [0, 0.1) is 5.92 Å². The molecular formula is C14H17NO5. The van der Waals surface area contributed by atoms with Crippen molar-refractivity contribution in [3.8, 4) is 0 Å². The Balaban J connectivity index is 1.78. The van der Waals surface area contributed by atoms with E-state index in [0.717, 1.165) is 5.56 Å². The third kappa shape index (κ3) is 3.27. The molecule has 6 nitrogen and oxygen atoms in total. The lowest BCUT2D eigenvalue weighted by atomic mass is 9.86. The molecule has 1 fully saturated rings. The molecule has 1 aromatic carbocycles. The summed E-state index contributed by atoms with van der Waals surface area (Å²) in [5, 5.41) is 11.6. The summed E-state index contributed by atoms with van der Waals surface area (Å²) in [7, 11) is 0. The first-order valence-corrected chi connectivity index (χ1v) is 6.40. The van der Waals surface area contributed by atoms with E-state index >= 15 is 0 Å². The van der Waals surface area contributed by atoms with E-state index in [1.807, 2.05) is 30.3 Å². The van der Waals surface area contributed by atoms with Gasteiger partial charge in [0.15, 0.2) is 0 Å². The lowest BCUT2D eigenvalue weighted by molar-refractivity contribution is -0.143. The van der Waals surface area contributed by atoms with Crippen molar-refractivity contribution in [1.29, 1.82) is 0 Å². The minimum absolute atomic E-state index is 0.118. The topological polar surface area (TPSA) is 84.9 Å². The lowest BCUT2D eigenvalue weighted by Gasteiger charge is -2.38. The van der Waals surface area contributed by atoms with Gasteiger partial charge >= 0.3 is 6.16 Å². The number of rotatable bonds is 5. The number of aliphatic hydroxyl groups excluding tert-OH is 1. The van der Waals surface area contributed by atoms with Crippen LogP contribution in [0.25, 0.3) is 0 Å². The van der Waals surface area contributed by atoms with E-state index in [1.54, 1.807) is 6.92 Å². The maximum Gasteiger partial charge on any atom is 0.508 e. The van der Waals surface area contributed by atoms with Crippen molar-refractivity contribution in [2.45, 2.75) is 25.7 Å². The molecule has 1 aliphatic rings. The number of hydrogen-bond donors (Lipinski definition) is 2. The molecule has 1 saturated heterocycles. The normalized spacial score (nSPS) is 22.4. The van der Waals surface area contributed by atoms with Crippen LogP contribution < -0.4 is 5.32 Å². The standard InChI is InChI=1S/C14H17NO5/c1-9(12-11(7-16)15-13(12)17)20-14(18)19-8-10-5-3-2-4-6-10/h2-6,9,11-12,16H,7-8H2,1H3,(H,15,17)/t9-,11+,12-/m0/s1. The number of hydrogen-bond acceptors (Lipinski definition) is 5. The van der Waals surface area contributed by atoms with Crippen molar-refractivity contribution in [3.63, 3.8) is 0 Å². The zero-order valence-corrected chi connectivity index (χ0v) is 11.1. The van der Waals surface area contributed by atoms with Crippen molar-refractivity contribution in [2.24, 2.45) is 5.92 Å². The zero-order valence-electron chi connectivity index (χ0n) is 11.1. The lowest BCUT2D eigenvalue weighted by Crippen LogP contribution is -2.63. The van der Waals surface area contributed by atoms with Crippen LogP contribution >= 0.6 is 0 Å². The molecule has 0 aromatic heterocycles. The van der Waals surface area contributed by atoms with Gasteiger partial charge in [-0.25, -0.2) is 4.79 Å². The molecular weight excluding hydrogens is 262 g/mol. The Morgan fingerprint density at radius 2 is 2.10 bits per heavy atom. The van der Waals surface area contributed by atoms with Gasteiger partial charge in [-0.1, -0.05) is 30.3 Å². The SMILES string of the molecule is C[C@H](OC(=O)OCc1ccccc1)[C@@H]1C(=O)N[C@@H]1CO. The third-order valence-corrected chi connectivity index (χ3v) is 3.25. The molecule has 0 aliphatic carbocycles. The minimum Gasteiger partial charge on any atom is -0.430 e. The van der Waals surface area contributed by atoms with Crippen LogP contribution in [0.4, 0.5) is 4.79 Å². The van der Waals surface area contributed by atoms with E-state index in [-0.39, 0.29) is 25.2 Å². The molecule has 0 saturated carbocycles. The van der Waals surface area contributed by atoms with Crippen molar-refractivity contribution in [3.05, 3.63) is 35.9 Å². The number of amides is 1. The molecule has 1 heterocycles. The quantitative estimate of drug-likeness (QED) is 0.616. The Hall–Kier alpha value is -2.08. The Bertz CT molecular complexity index is 476. The van der Waals surface area contributed by atoms with Gasteiger partial charge in [0, 0.05) is 0 Å². The first-order chi connectivity index (χ1) is 9.61. The van der Waals surface area contributed by atoms with E-state index in [1.165, 1.54) is 0 Å². The minimum atomic E-state index is -0.822. The average molecular weight is 279 g/mol. The molecule has 3 atom stereocenters. The van der Waals surface area contributed by atoms with Crippen LogP contribution in [0.5, 0.6) is 0 Å². The number of carbonyl (C=O) groups excluding carboxylic acids is 2. The number of aliphatic hydroxyl groups is 1. The fraction of sp³-hybridized carbons (Fsp3) is 0.429. The summed E-state index contributed by atoms with van der Waals surface area (Å²) in [5.41, 5.74) is 0.853. The Kier molecular flexibility index (Phi) is 4.57. The van der Waals surface area contributed by atoms with Crippen LogP contribution in [-0.4, -0.2) is 35.9 Å². The summed E-state index contributed by atoms with van der Waals surface area (Å²) in [6, 6.07) is 8.86. The molecule has 1 aliphatic heterocycles. The van der Waals surface area contributed by atoms with Gasteiger partial charge in [-0.2, -0.15) is 0 Å². The van der Waals surface area contributed by atoms with Gasteiger partial charge in [0.2, 0.25) is 5.91 Å². The fourth-order valence-electron chi connectivity index (χ4n) is 2.13. The van der Waals surface area contributed by atoms with Gasteiger partial charge < -0.3 is 19.9 Å². The van der Waals surface area contributed by atoms with Gasteiger partial charge in [0.05, 0.1) is 18.6 Å². The highest BCUT2D eigenvalue weighted by molar-refractivity contribution is 5.86. The van der Waals surface area contributed by atoms with Crippen LogP contribution in [0.1, 0.15) is 12.5 Å². The second kappa shape index (κ2) is 6.38. The van der Waals surface area contributed by atoms with Crippen LogP contribution in [0.3, 0.4) is 0 Å². The van der Waals surface area contributed by atoms with Gasteiger partial charge in [0.25, 0.3) is 0 Å². The zero-order chi connectivity index (χ0) is 14.5. The predicted octanol–water partition coefficient (Wildman–Crippen LogP) is 0.835. The average Bonchev–Trinajstić information content (AvgIpc) is 2.43. The molecule has 1 aromatic rings. The van der Waals surface area contributed by atoms with Crippen molar-refractivity contribution >= 4 is 12.1 Å². The number of carbonyl (C=O) groups is 2. The van der Waals surface area contributed by atoms with E-state index in [2.05, 4.69) is 5.32 Å². The van der Waals surface area contributed by atoms with Crippen molar-refractivity contribution in [2.75, 3.05) is 6.61 Å². The predicted molar refractivity (Wildman–Crippen MR) is 69.7 cm³/mol. The number of benzene rings is 1. The fourth-order valence-corrected chi connectivity index (χ4v) is 2.13. The van der Waals surface area contributed by atoms with Gasteiger partial charge in [0.1, 0.15) is 12.7 Å². The monoisotopic (exact) mass is 279 g/mol. The van der Waals surface area contributed by atoms with E-state index in [9.17, 15) is 9.59 Å². The number of β-lactam (4-membered cyclic amide) rings is 1. The summed E-state index contributed by atoms with van der Waals surface area (Å²) >= 11 is 0. The number of ether oxygens (including phenoxy) is 2. The molecule has 2 rings (SSSR count). The van der Waals surface area contributed by atoms with Crippen LogP contribution in [-0.2, 0) is 20.9 Å². The molecule has 20 heavy (non-hydrogen) atoms. The highest BCUT2D eigenvalue weighted by Gasteiger charge is 2.44. The maximum absolute atomic E-state index is 11.5. The molecule has 2 N–H and O–H groups in total. The van der Waals surface area contributed by atoms with Crippen LogP contribution in [0.15, 0.2) is 30.3 Å². The second-order valence-corrected chi connectivity index (χ2v) is 4.67. The third-order valence-electron chi connectivity index (χ3n) is 3.25. The first-order valence-electron chi connectivity index (χ1n) is 6.40. The summed E-state index contributed by atoms with van der Waals surface area (Å²) in [6.07, 6.45) is -1.46. The molecule has 108 valence electrons. The first kappa shape index (κ1) is 14.3. The summed E-state index contributed by atoms with van der Waals surface area (Å²) in [6.45, 7) is 1.55. The summed E-state index contributed by atoms with van der Waals surface area (Å²) < 4.78 is 10.0. The molecule has 0 bridgehead atoms. The van der Waals surface area contributed by atoms with E-state index < -0.39 is 18.2 Å². The highest BCUT2D eigenvalue weighted by atomic mass is 16.7. The van der Waals surface area contributed by atoms with E-state index in [4.69, 9.17) is 14.6 Å². The largest absolute Gasteiger partial charge is 0.508 e. The van der Waals surface area contributed by atoms with Crippen LogP contribution in [0.2, 0.25) is 0 Å². The maximum atomic E-state index is 11.5. The Morgan fingerprint density at radius 1 is 1.40 bits per heavy atom. The van der Waals surface area contributed by atoms with Gasteiger partial charge in [-0.3, -0.25) is 4.79 Å². The smallest absolute Gasteiger partial charge is 0.430 e. The highest BCUT2D eigenvalue weighted by Crippen LogP contribution is 2.21. The molecule has 0 unspecified atom stereocenters. The van der Waals surface area contributed by atoms with Gasteiger partial charge in [-0.05, 0) is 12.5 Å². The van der Waals surface area contributed by atoms with Gasteiger partial charge in [-0.15, -0.1) is 0 Å². The van der Waals surface area contributed by atoms with E-state index in [0.29, 0.717) is 0 Å². The molecule has 6 heteroatoms.